The molecular formula is C12H19N3O6. The lowest BCUT2D eigenvalue weighted by Crippen LogP contribution is -2.54. The second-order valence-corrected chi connectivity index (χ2v) is 4.98. The summed E-state index contributed by atoms with van der Waals surface area (Å²) >= 11 is 0. The van der Waals surface area contributed by atoms with Gasteiger partial charge in [0.25, 0.3) is 0 Å². The van der Waals surface area contributed by atoms with E-state index >= 15 is 0 Å². The fraction of sp³-hybridized carbons (Fsp3) is 0.667. The number of hydrogen-bond acceptors (Lipinski definition) is 5. The average Bonchev–Trinajstić information content (AvgIpc) is 2.85. The molecule has 5 N–H and O–H groups in total. The van der Waals surface area contributed by atoms with E-state index in [0.29, 0.717) is 12.8 Å². The summed E-state index contributed by atoms with van der Waals surface area (Å²) in [4.78, 5) is 46.8. The standard InChI is InChI=1S/C12H19N3O6/c1-6(13)10(18)14-7(5-9(16)17)11(19)15-4-2-3-8(15)12(20)21/h6-8H,2-5,13H2,1H3,(H,14,18)(H,16,17)(H,20,21)/t6-,7-,8+/m0/s1. The van der Waals surface area contributed by atoms with Gasteiger partial charge in [-0.25, -0.2) is 4.79 Å². The van der Waals surface area contributed by atoms with Crippen molar-refractivity contribution in [1.82, 2.24) is 10.2 Å². The van der Waals surface area contributed by atoms with Gasteiger partial charge < -0.3 is 26.2 Å². The van der Waals surface area contributed by atoms with Crippen molar-refractivity contribution >= 4 is 23.8 Å². The Kier molecular flexibility index (Phi) is 5.65. The summed E-state index contributed by atoms with van der Waals surface area (Å²) in [6.45, 7) is 1.62. The zero-order valence-electron chi connectivity index (χ0n) is 11.6. The molecule has 1 aliphatic heterocycles. The van der Waals surface area contributed by atoms with Crippen LogP contribution >= 0.6 is 0 Å². The predicted molar refractivity (Wildman–Crippen MR) is 70.2 cm³/mol. The third-order valence-corrected chi connectivity index (χ3v) is 3.23. The molecule has 0 radical (unpaired) electrons. The van der Waals surface area contributed by atoms with Crippen LogP contribution < -0.4 is 11.1 Å². The van der Waals surface area contributed by atoms with Crippen molar-refractivity contribution in [3.05, 3.63) is 0 Å². The van der Waals surface area contributed by atoms with Gasteiger partial charge in [0.1, 0.15) is 12.1 Å². The van der Waals surface area contributed by atoms with Gasteiger partial charge in [0, 0.05) is 6.54 Å². The maximum absolute atomic E-state index is 12.3. The lowest BCUT2D eigenvalue weighted by Gasteiger charge is -2.27. The van der Waals surface area contributed by atoms with Gasteiger partial charge in [-0.15, -0.1) is 0 Å². The Morgan fingerprint density at radius 2 is 1.95 bits per heavy atom. The van der Waals surface area contributed by atoms with Gasteiger partial charge in [0.2, 0.25) is 11.8 Å². The lowest BCUT2D eigenvalue weighted by molar-refractivity contribution is -0.150. The molecule has 9 nitrogen and oxygen atoms in total. The first kappa shape index (κ1) is 16.9. The first-order valence-corrected chi connectivity index (χ1v) is 6.55. The van der Waals surface area contributed by atoms with Crippen molar-refractivity contribution < 1.29 is 29.4 Å². The highest BCUT2D eigenvalue weighted by molar-refractivity contribution is 5.94. The minimum absolute atomic E-state index is 0.222. The molecule has 2 amide bonds. The van der Waals surface area contributed by atoms with Crippen LogP contribution in [-0.4, -0.2) is 63.5 Å². The third-order valence-electron chi connectivity index (χ3n) is 3.23. The molecule has 0 spiro atoms. The van der Waals surface area contributed by atoms with E-state index in [1.807, 2.05) is 0 Å². The van der Waals surface area contributed by atoms with Crippen LogP contribution in [0.25, 0.3) is 0 Å². The number of carbonyl (C=O) groups excluding carboxylic acids is 2. The van der Waals surface area contributed by atoms with Crippen LogP contribution in [0.5, 0.6) is 0 Å². The van der Waals surface area contributed by atoms with Crippen molar-refractivity contribution in [3.8, 4) is 0 Å². The molecule has 0 unspecified atom stereocenters. The van der Waals surface area contributed by atoms with Crippen LogP contribution in [0.1, 0.15) is 26.2 Å². The fourth-order valence-electron chi connectivity index (χ4n) is 2.17. The van der Waals surface area contributed by atoms with Crippen LogP contribution in [0.2, 0.25) is 0 Å². The Morgan fingerprint density at radius 3 is 2.43 bits per heavy atom. The molecular weight excluding hydrogens is 282 g/mol. The van der Waals surface area contributed by atoms with Crippen LogP contribution in [0, 0.1) is 0 Å². The highest BCUT2D eigenvalue weighted by atomic mass is 16.4. The summed E-state index contributed by atoms with van der Waals surface area (Å²) < 4.78 is 0. The van der Waals surface area contributed by atoms with Crippen molar-refractivity contribution in [3.63, 3.8) is 0 Å². The number of nitrogens with two attached hydrogens (primary N) is 1. The number of hydrogen-bond donors (Lipinski definition) is 4. The van der Waals surface area contributed by atoms with Crippen molar-refractivity contribution in [2.75, 3.05) is 6.54 Å². The topological polar surface area (TPSA) is 150 Å². The zero-order chi connectivity index (χ0) is 16.2. The van der Waals surface area contributed by atoms with Gasteiger partial charge in [0.05, 0.1) is 12.5 Å². The Hall–Kier alpha value is -2.16. The molecule has 0 bridgehead atoms. The summed E-state index contributed by atoms with van der Waals surface area (Å²) in [5, 5.41) is 20.1. The van der Waals surface area contributed by atoms with Crippen LogP contribution in [0.4, 0.5) is 0 Å². The first-order chi connectivity index (χ1) is 9.73. The smallest absolute Gasteiger partial charge is 0.326 e. The number of nitrogens with one attached hydrogen (secondary N) is 1. The summed E-state index contributed by atoms with van der Waals surface area (Å²) in [5.41, 5.74) is 5.37. The molecule has 21 heavy (non-hydrogen) atoms. The molecule has 1 aliphatic rings. The Balaban J connectivity index is 2.86. The Bertz CT molecular complexity index is 450. The minimum atomic E-state index is -1.32. The Morgan fingerprint density at radius 1 is 1.33 bits per heavy atom. The molecule has 118 valence electrons. The van der Waals surface area contributed by atoms with Gasteiger partial charge in [0.15, 0.2) is 0 Å². The van der Waals surface area contributed by atoms with Gasteiger partial charge in [-0.1, -0.05) is 0 Å². The Labute approximate surface area is 121 Å². The first-order valence-electron chi connectivity index (χ1n) is 6.55. The normalized spacial score (nSPS) is 20.7. The maximum atomic E-state index is 12.3. The number of carboxylic acids is 2. The highest BCUT2D eigenvalue weighted by Crippen LogP contribution is 2.19. The molecule has 0 aromatic rings. The average molecular weight is 301 g/mol. The number of amides is 2. The summed E-state index contributed by atoms with van der Waals surface area (Å²) in [6, 6.07) is -3.20. The van der Waals surface area contributed by atoms with Crippen molar-refractivity contribution in [2.24, 2.45) is 5.73 Å². The van der Waals surface area contributed by atoms with E-state index in [-0.39, 0.29) is 6.54 Å². The SMILES string of the molecule is C[C@H](N)C(=O)N[C@@H](CC(=O)O)C(=O)N1CCC[C@@H]1C(=O)O. The van der Waals surface area contributed by atoms with E-state index in [1.54, 1.807) is 0 Å². The molecule has 3 atom stereocenters. The molecule has 0 aromatic carbocycles. The maximum Gasteiger partial charge on any atom is 0.326 e. The van der Waals surface area contributed by atoms with Gasteiger partial charge >= 0.3 is 11.9 Å². The number of aliphatic carboxylic acids is 2. The molecule has 0 saturated carbocycles. The molecule has 1 rings (SSSR count). The second kappa shape index (κ2) is 7.02. The van der Waals surface area contributed by atoms with Gasteiger partial charge in [-0.05, 0) is 19.8 Å². The van der Waals surface area contributed by atoms with E-state index in [1.165, 1.54) is 6.92 Å². The van der Waals surface area contributed by atoms with Crippen molar-refractivity contribution in [2.45, 2.75) is 44.3 Å². The van der Waals surface area contributed by atoms with Gasteiger partial charge in [-0.3, -0.25) is 14.4 Å². The largest absolute Gasteiger partial charge is 0.481 e. The highest BCUT2D eigenvalue weighted by Gasteiger charge is 2.38. The molecule has 1 heterocycles. The molecule has 9 heteroatoms. The fourth-order valence-corrected chi connectivity index (χ4v) is 2.17. The molecule has 0 aromatic heterocycles. The van der Waals surface area contributed by atoms with Crippen molar-refractivity contribution in [1.29, 1.82) is 0 Å². The number of likely N-dealkylation sites (tertiary alicyclic amines) is 1. The monoisotopic (exact) mass is 301 g/mol. The second-order valence-electron chi connectivity index (χ2n) is 4.98. The predicted octanol–water partition coefficient (Wildman–Crippen LogP) is -1.63. The number of nitrogens with zero attached hydrogens (tertiary/aromatic N) is 1. The van der Waals surface area contributed by atoms with E-state index in [2.05, 4.69) is 5.32 Å². The van der Waals surface area contributed by atoms with Crippen LogP contribution in [0.3, 0.4) is 0 Å². The van der Waals surface area contributed by atoms with Crippen LogP contribution in [0.15, 0.2) is 0 Å². The lowest BCUT2D eigenvalue weighted by atomic mass is 10.1. The minimum Gasteiger partial charge on any atom is -0.481 e. The summed E-state index contributed by atoms with van der Waals surface area (Å²) in [7, 11) is 0. The van der Waals surface area contributed by atoms with Crippen LogP contribution in [-0.2, 0) is 19.2 Å². The molecule has 0 aliphatic carbocycles. The summed E-state index contributed by atoms with van der Waals surface area (Å²) in [6.07, 6.45) is 0.200. The summed E-state index contributed by atoms with van der Waals surface area (Å²) in [5.74, 6) is -3.80. The van der Waals surface area contributed by atoms with Gasteiger partial charge in [-0.2, -0.15) is 0 Å². The molecule has 1 fully saturated rings. The van der Waals surface area contributed by atoms with E-state index in [0.717, 1.165) is 4.90 Å². The number of carbonyl (C=O) groups is 4. The quantitative estimate of drug-likeness (QED) is 0.460. The number of rotatable bonds is 6. The zero-order valence-corrected chi connectivity index (χ0v) is 11.6. The number of carboxylic acid groups (broad SMARTS) is 2. The van der Waals surface area contributed by atoms with E-state index in [9.17, 15) is 19.2 Å². The molecule has 1 saturated heterocycles. The van der Waals surface area contributed by atoms with E-state index < -0.39 is 48.3 Å². The van der Waals surface area contributed by atoms with E-state index in [4.69, 9.17) is 15.9 Å². The third kappa shape index (κ3) is 4.42.